The number of benzene rings is 1. The first-order chi connectivity index (χ1) is 9.69. The number of rotatable bonds is 6. The topological polar surface area (TPSA) is 68.0 Å². The Morgan fingerprint density at radius 3 is 2.80 bits per heavy atom. The molecule has 1 aromatic heterocycles. The van der Waals surface area contributed by atoms with Crippen LogP contribution in [0.15, 0.2) is 28.8 Å². The average Bonchev–Trinajstić information content (AvgIpc) is 2.89. The van der Waals surface area contributed by atoms with Crippen molar-refractivity contribution in [3.63, 3.8) is 0 Å². The molecule has 0 unspecified atom stereocenters. The van der Waals surface area contributed by atoms with Gasteiger partial charge in [0.05, 0.1) is 0 Å². The number of nitrogens with zero attached hydrogens (tertiary/aromatic N) is 2. The summed E-state index contributed by atoms with van der Waals surface area (Å²) in [5.74, 6) is 1.08. The first-order valence-electron chi connectivity index (χ1n) is 6.54. The summed E-state index contributed by atoms with van der Waals surface area (Å²) in [4.78, 5) is 15.6. The van der Waals surface area contributed by atoms with E-state index in [0.717, 1.165) is 12.0 Å². The number of hydrogen-bond acceptors (Lipinski definition) is 4. The quantitative estimate of drug-likeness (QED) is 0.889. The second-order valence-electron chi connectivity index (χ2n) is 4.37. The molecular formula is C14H16ClN3O2. The third-order valence-corrected chi connectivity index (χ3v) is 2.96. The van der Waals surface area contributed by atoms with E-state index < -0.39 is 0 Å². The lowest BCUT2D eigenvalue weighted by Crippen LogP contribution is -2.25. The molecule has 0 aliphatic heterocycles. The van der Waals surface area contributed by atoms with Crippen LogP contribution in [0.5, 0.6) is 0 Å². The van der Waals surface area contributed by atoms with Gasteiger partial charge in [-0.05, 0) is 30.7 Å². The Hall–Kier alpha value is -1.88. The average molecular weight is 294 g/mol. The predicted octanol–water partition coefficient (Wildman–Crippen LogP) is 2.85. The summed E-state index contributed by atoms with van der Waals surface area (Å²) in [5, 5.41) is 7.38. The zero-order valence-corrected chi connectivity index (χ0v) is 12.0. The maximum Gasteiger partial charge on any atom is 0.228 e. The zero-order valence-electron chi connectivity index (χ0n) is 11.2. The third-order valence-electron chi connectivity index (χ3n) is 2.71. The van der Waals surface area contributed by atoms with Crippen molar-refractivity contribution in [2.45, 2.75) is 26.2 Å². The van der Waals surface area contributed by atoms with Crippen LogP contribution in [0, 0.1) is 0 Å². The highest BCUT2D eigenvalue weighted by Gasteiger charge is 2.08. The normalized spacial score (nSPS) is 10.5. The van der Waals surface area contributed by atoms with E-state index in [9.17, 15) is 4.79 Å². The van der Waals surface area contributed by atoms with E-state index in [2.05, 4.69) is 15.5 Å². The zero-order chi connectivity index (χ0) is 14.4. The Morgan fingerprint density at radius 1 is 1.35 bits per heavy atom. The molecule has 2 rings (SSSR count). The maximum absolute atomic E-state index is 11.3. The lowest BCUT2D eigenvalue weighted by molar-refractivity contribution is -0.121. The summed E-state index contributed by atoms with van der Waals surface area (Å²) in [6.45, 7) is 2.47. The summed E-state index contributed by atoms with van der Waals surface area (Å²) < 4.78 is 5.15. The van der Waals surface area contributed by atoms with E-state index in [1.165, 1.54) is 0 Å². The molecule has 0 saturated carbocycles. The summed E-state index contributed by atoms with van der Waals surface area (Å²) in [6.07, 6.45) is 1.91. The molecule has 0 fully saturated rings. The molecule has 1 heterocycles. The van der Waals surface area contributed by atoms with Gasteiger partial charge in [-0.3, -0.25) is 4.79 Å². The van der Waals surface area contributed by atoms with E-state index in [4.69, 9.17) is 16.1 Å². The molecule has 0 aliphatic carbocycles. The minimum absolute atomic E-state index is 0.0462. The van der Waals surface area contributed by atoms with Crippen molar-refractivity contribution in [1.29, 1.82) is 0 Å². The van der Waals surface area contributed by atoms with Crippen molar-refractivity contribution < 1.29 is 9.32 Å². The Bertz CT molecular complexity index is 566. The number of halogens is 1. The fourth-order valence-corrected chi connectivity index (χ4v) is 1.82. The number of amides is 1. The number of aromatic nitrogens is 2. The molecule has 1 aromatic carbocycles. The van der Waals surface area contributed by atoms with Crippen molar-refractivity contribution in [1.82, 2.24) is 15.5 Å². The second kappa shape index (κ2) is 7.05. The Labute approximate surface area is 122 Å². The van der Waals surface area contributed by atoms with Crippen LogP contribution in [0.4, 0.5) is 0 Å². The summed E-state index contributed by atoms with van der Waals surface area (Å²) >= 11 is 5.82. The molecule has 5 nitrogen and oxygen atoms in total. The third kappa shape index (κ3) is 4.06. The molecule has 0 radical (unpaired) electrons. The Balaban J connectivity index is 1.89. The fraction of sp³-hybridized carbons (Fsp3) is 0.357. The molecule has 0 saturated heterocycles. The van der Waals surface area contributed by atoms with E-state index >= 15 is 0 Å². The van der Waals surface area contributed by atoms with Crippen LogP contribution in [-0.2, 0) is 11.2 Å². The van der Waals surface area contributed by atoms with E-state index in [-0.39, 0.29) is 5.91 Å². The molecule has 0 bridgehead atoms. The molecule has 106 valence electrons. The van der Waals surface area contributed by atoms with Gasteiger partial charge in [-0.2, -0.15) is 4.98 Å². The second-order valence-corrected chi connectivity index (χ2v) is 4.81. The van der Waals surface area contributed by atoms with Gasteiger partial charge in [-0.25, -0.2) is 0 Å². The number of hydrogen-bond donors (Lipinski definition) is 1. The first-order valence-corrected chi connectivity index (χ1v) is 6.92. The van der Waals surface area contributed by atoms with Gasteiger partial charge in [0.2, 0.25) is 17.6 Å². The highest BCUT2D eigenvalue weighted by atomic mass is 35.5. The monoisotopic (exact) mass is 293 g/mol. The van der Waals surface area contributed by atoms with Crippen molar-refractivity contribution in [3.8, 4) is 11.4 Å². The molecule has 0 atom stereocenters. The first kappa shape index (κ1) is 14.5. The van der Waals surface area contributed by atoms with Gasteiger partial charge in [-0.15, -0.1) is 0 Å². The van der Waals surface area contributed by atoms with Gasteiger partial charge in [0, 0.05) is 30.0 Å². The molecule has 1 amide bonds. The molecule has 0 spiro atoms. The van der Waals surface area contributed by atoms with Crippen LogP contribution in [0.2, 0.25) is 5.02 Å². The van der Waals surface area contributed by atoms with Crippen LogP contribution in [0.25, 0.3) is 11.4 Å². The number of carbonyl (C=O) groups excluding carboxylic acids is 1. The van der Waals surface area contributed by atoms with Crippen molar-refractivity contribution in [3.05, 3.63) is 35.2 Å². The maximum atomic E-state index is 11.3. The standard InChI is InChI=1S/C14H16ClN3O2/c1-2-3-12(19)16-9-8-13-17-14(18-20-13)10-4-6-11(15)7-5-10/h4-7H,2-3,8-9H2,1H3,(H,16,19). The lowest BCUT2D eigenvalue weighted by atomic mass is 10.2. The summed E-state index contributed by atoms with van der Waals surface area (Å²) in [5.41, 5.74) is 0.847. The largest absolute Gasteiger partial charge is 0.356 e. The summed E-state index contributed by atoms with van der Waals surface area (Å²) in [6, 6.07) is 7.22. The molecule has 2 aromatic rings. The molecule has 0 aliphatic rings. The molecule has 6 heteroatoms. The minimum Gasteiger partial charge on any atom is -0.356 e. The number of nitrogens with one attached hydrogen (secondary N) is 1. The van der Waals surface area contributed by atoms with E-state index in [1.54, 1.807) is 12.1 Å². The predicted molar refractivity (Wildman–Crippen MR) is 76.4 cm³/mol. The van der Waals surface area contributed by atoms with Crippen molar-refractivity contribution >= 4 is 17.5 Å². The van der Waals surface area contributed by atoms with Gasteiger partial charge < -0.3 is 9.84 Å². The van der Waals surface area contributed by atoms with Crippen LogP contribution in [0.1, 0.15) is 25.7 Å². The highest BCUT2D eigenvalue weighted by molar-refractivity contribution is 6.30. The van der Waals surface area contributed by atoms with E-state index in [1.807, 2.05) is 19.1 Å². The fourth-order valence-electron chi connectivity index (χ4n) is 1.70. The lowest BCUT2D eigenvalue weighted by Gasteiger charge is -2.00. The van der Waals surface area contributed by atoms with Gasteiger partial charge >= 0.3 is 0 Å². The van der Waals surface area contributed by atoms with Gasteiger partial charge in [0.15, 0.2) is 0 Å². The van der Waals surface area contributed by atoms with Gasteiger partial charge in [0.25, 0.3) is 0 Å². The van der Waals surface area contributed by atoms with Crippen molar-refractivity contribution in [2.75, 3.05) is 6.54 Å². The van der Waals surface area contributed by atoms with Crippen molar-refractivity contribution in [2.24, 2.45) is 0 Å². The van der Waals surface area contributed by atoms with Crippen LogP contribution >= 0.6 is 11.6 Å². The van der Waals surface area contributed by atoms with E-state index in [0.29, 0.717) is 36.1 Å². The van der Waals surface area contributed by atoms with Crippen LogP contribution in [-0.4, -0.2) is 22.6 Å². The summed E-state index contributed by atoms with van der Waals surface area (Å²) in [7, 11) is 0. The highest BCUT2D eigenvalue weighted by Crippen LogP contribution is 2.18. The van der Waals surface area contributed by atoms with Crippen LogP contribution in [0.3, 0.4) is 0 Å². The van der Waals surface area contributed by atoms with Gasteiger partial charge in [-0.1, -0.05) is 23.7 Å². The number of carbonyl (C=O) groups is 1. The van der Waals surface area contributed by atoms with Crippen LogP contribution < -0.4 is 5.32 Å². The molecule has 20 heavy (non-hydrogen) atoms. The Morgan fingerprint density at radius 2 is 2.10 bits per heavy atom. The minimum atomic E-state index is 0.0462. The molecular weight excluding hydrogens is 278 g/mol. The Kier molecular flexibility index (Phi) is 5.12. The smallest absolute Gasteiger partial charge is 0.228 e. The van der Waals surface area contributed by atoms with Gasteiger partial charge in [0.1, 0.15) is 0 Å². The molecule has 1 N–H and O–H groups in total. The SMILES string of the molecule is CCCC(=O)NCCc1nc(-c2ccc(Cl)cc2)no1.